The van der Waals surface area contributed by atoms with E-state index in [1.54, 1.807) is 11.0 Å². The molecule has 7 heteroatoms. The molecule has 0 spiro atoms. The third kappa shape index (κ3) is 3.77. The summed E-state index contributed by atoms with van der Waals surface area (Å²) in [5.41, 5.74) is -0.575. The number of allylic oxidation sites excluding steroid dienone is 1. The molecule has 1 atom stereocenters. The van der Waals surface area contributed by atoms with E-state index in [2.05, 4.69) is 19.7 Å². The molecule has 4 nitrogen and oxygen atoms in total. The number of hydrogen-bond donors (Lipinski definition) is 0. The molecule has 0 saturated carbocycles. The van der Waals surface area contributed by atoms with Gasteiger partial charge in [0.1, 0.15) is 9.88 Å². The van der Waals surface area contributed by atoms with Gasteiger partial charge in [-0.05, 0) is 24.2 Å². The maximum absolute atomic E-state index is 12.7. The number of thioether (sulfide) groups is 1. The summed E-state index contributed by atoms with van der Waals surface area (Å²) in [6.45, 7) is 8.37. The smallest absolute Gasteiger partial charge is 0.348 e. The predicted octanol–water partition coefficient (Wildman–Crippen LogP) is 3.38. The van der Waals surface area contributed by atoms with Gasteiger partial charge < -0.3 is 4.42 Å². The highest BCUT2D eigenvalue weighted by Crippen LogP contribution is 2.32. The number of rotatable bonds is 5. The van der Waals surface area contributed by atoms with Crippen LogP contribution < -0.4 is 5.63 Å². The van der Waals surface area contributed by atoms with Gasteiger partial charge in [-0.25, -0.2) is 4.79 Å². The Kier molecular flexibility index (Phi) is 5.41. The number of carbonyl (C=O) groups excluding carboxylic acids is 1. The Hall–Kier alpha value is -1.18. The van der Waals surface area contributed by atoms with Crippen LogP contribution in [0.5, 0.6) is 0 Å². The van der Waals surface area contributed by atoms with Gasteiger partial charge in [-0.15, -0.1) is 6.58 Å². The van der Waals surface area contributed by atoms with E-state index in [1.807, 2.05) is 6.08 Å². The molecule has 2 heterocycles. The SMILES string of the molecule is C=CC[Si](C)(C)C[C@@H]1CSC(=S)N1C(=O)c1cccoc1=O. The Morgan fingerprint density at radius 2 is 2.36 bits per heavy atom. The van der Waals surface area contributed by atoms with Crippen molar-refractivity contribution in [1.82, 2.24) is 4.90 Å². The minimum atomic E-state index is -1.49. The second-order valence-electron chi connectivity index (χ2n) is 6.08. The van der Waals surface area contributed by atoms with Gasteiger partial charge >= 0.3 is 5.63 Å². The summed E-state index contributed by atoms with van der Waals surface area (Å²) in [6.07, 6.45) is 3.22. The zero-order chi connectivity index (χ0) is 16.3. The minimum Gasteiger partial charge on any atom is -0.431 e. The summed E-state index contributed by atoms with van der Waals surface area (Å²) in [5.74, 6) is 0.439. The first-order valence-corrected chi connectivity index (χ1v) is 11.9. The Morgan fingerprint density at radius 3 is 3.00 bits per heavy atom. The number of carbonyl (C=O) groups is 1. The summed E-state index contributed by atoms with van der Waals surface area (Å²) in [7, 11) is -1.49. The van der Waals surface area contributed by atoms with E-state index in [0.29, 0.717) is 4.32 Å². The van der Waals surface area contributed by atoms with Crippen molar-refractivity contribution in [3.8, 4) is 0 Å². The minimum absolute atomic E-state index is 0.0422. The number of amides is 1. The van der Waals surface area contributed by atoms with Gasteiger partial charge in [0.25, 0.3) is 5.91 Å². The second kappa shape index (κ2) is 6.93. The standard InChI is InChI=1S/C15H19NO3S2Si/c1-4-8-22(2,3)10-11-9-21-15(20)16(11)13(17)12-6-5-7-19-14(12)18/h4-7,11H,1,8-10H2,2-3H3/t11-/m0/s1. The molecule has 1 saturated heterocycles. The Labute approximate surface area is 140 Å². The molecule has 0 unspecified atom stereocenters. The summed E-state index contributed by atoms with van der Waals surface area (Å²) >= 11 is 6.82. The lowest BCUT2D eigenvalue weighted by Crippen LogP contribution is -2.44. The van der Waals surface area contributed by atoms with Crippen molar-refractivity contribution in [2.24, 2.45) is 0 Å². The first-order chi connectivity index (χ1) is 10.4. The maximum atomic E-state index is 12.7. The Balaban J connectivity index is 2.25. The fraction of sp³-hybridized carbons (Fsp3) is 0.400. The Morgan fingerprint density at radius 1 is 1.64 bits per heavy atom. The molecule has 2 rings (SSSR count). The van der Waals surface area contributed by atoms with E-state index < -0.39 is 13.7 Å². The zero-order valence-corrected chi connectivity index (χ0v) is 15.3. The van der Waals surface area contributed by atoms with Gasteiger partial charge in [-0.1, -0.05) is 43.1 Å². The summed E-state index contributed by atoms with van der Waals surface area (Å²) in [4.78, 5) is 26.0. The van der Waals surface area contributed by atoms with Crippen LogP contribution in [0.25, 0.3) is 0 Å². The highest BCUT2D eigenvalue weighted by Gasteiger charge is 2.38. The van der Waals surface area contributed by atoms with Crippen LogP contribution in [0.3, 0.4) is 0 Å². The average molecular weight is 354 g/mol. The third-order valence-corrected chi connectivity index (χ3v) is 8.15. The van der Waals surface area contributed by atoms with Gasteiger partial charge in [-0.2, -0.15) is 0 Å². The quantitative estimate of drug-likeness (QED) is 0.461. The molecule has 1 fully saturated rings. The first kappa shape index (κ1) is 17.2. The van der Waals surface area contributed by atoms with E-state index >= 15 is 0 Å². The van der Waals surface area contributed by atoms with Crippen LogP contribution in [0.15, 0.2) is 40.3 Å². The molecular formula is C15H19NO3S2Si. The molecule has 1 aromatic heterocycles. The molecule has 0 aliphatic carbocycles. The predicted molar refractivity (Wildman–Crippen MR) is 97.3 cm³/mol. The van der Waals surface area contributed by atoms with Gasteiger partial charge in [0.2, 0.25) is 0 Å². The molecule has 22 heavy (non-hydrogen) atoms. The molecule has 0 bridgehead atoms. The zero-order valence-electron chi connectivity index (χ0n) is 12.7. The van der Waals surface area contributed by atoms with Crippen LogP contribution in [0.4, 0.5) is 0 Å². The van der Waals surface area contributed by atoms with Crippen LogP contribution in [0.2, 0.25) is 25.2 Å². The summed E-state index contributed by atoms with van der Waals surface area (Å²) in [6, 6.07) is 5.02. The van der Waals surface area contributed by atoms with Crippen LogP contribution in [-0.2, 0) is 0 Å². The number of nitrogens with zero attached hydrogens (tertiary/aromatic N) is 1. The summed E-state index contributed by atoms with van der Waals surface area (Å²) < 4.78 is 5.33. The second-order valence-corrected chi connectivity index (χ2v) is 12.9. The summed E-state index contributed by atoms with van der Waals surface area (Å²) in [5, 5.41) is 0. The first-order valence-electron chi connectivity index (χ1n) is 7.05. The van der Waals surface area contributed by atoms with Crippen molar-refractivity contribution in [2.75, 3.05) is 5.75 Å². The molecule has 1 aromatic rings. The van der Waals surface area contributed by atoms with E-state index in [9.17, 15) is 9.59 Å². The molecule has 0 aromatic carbocycles. The Bertz CT molecular complexity index is 656. The third-order valence-electron chi connectivity index (χ3n) is 3.63. The molecule has 1 amide bonds. The molecule has 1 aliphatic rings. The van der Waals surface area contributed by atoms with Crippen LogP contribution in [-0.4, -0.2) is 35.0 Å². The molecular weight excluding hydrogens is 334 g/mol. The maximum Gasteiger partial charge on any atom is 0.348 e. The normalized spacial score (nSPS) is 18.5. The number of thiocarbonyl (C=S) groups is 1. The molecule has 1 aliphatic heterocycles. The highest BCUT2D eigenvalue weighted by molar-refractivity contribution is 8.23. The highest BCUT2D eigenvalue weighted by atomic mass is 32.2. The topological polar surface area (TPSA) is 50.5 Å². The van der Waals surface area contributed by atoms with Crippen molar-refractivity contribution in [1.29, 1.82) is 0 Å². The van der Waals surface area contributed by atoms with Gasteiger partial charge in [-0.3, -0.25) is 9.69 Å². The van der Waals surface area contributed by atoms with E-state index in [4.69, 9.17) is 16.6 Å². The lowest BCUT2D eigenvalue weighted by atomic mass is 10.2. The molecule has 0 radical (unpaired) electrons. The van der Waals surface area contributed by atoms with Crippen LogP contribution in [0.1, 0.15) is 10.4 Å². The van der Waals surface area contributed by atoms with Crippen molar-refractivity contribution in [3.05, 3.63) is 47.0 Å². The van der Waals surface area contributed by atoms with Crippen molar-refractivity contribution < 1.29 is 9.21 Å². The van der Waals surface area contributed by atoms with Crippen LogP contribution in [0, 0.1) is 0 Å². The van der Waals surface area contributed by atoms with Gasteiger partial charge in [0.05, 0.1) is 14.3 Å². The van der Waals surface area contributed by atoms with Gasteiger partial charge in [0.15, 0.2) is 0 Å². The van der Waals surface area contributed by atoms with Crippen molar-refractivity contribution >= 4 is 42.3 Å². The lowest BCUT2D eigenvalue weighted by molar-refractivity contribution is 0.0826. The van der Waals surface area contributed by atoms with Crippen molar-refractivity contribution in [3.63, 3.8) is 0 Å². The fourth-order valence-corrected chi connectivity index (χ4v) is 6.80. The molecule has 0 N–H and O–H groups in total. The molecule has 118 valence electrons. The monoisotopic (exact) mass is 353 g/mol. The average Bonchev–Trinajstić information content (AvgIpc) is 2.78. The van der Waals surface area contributed by atoms with Crippen LogP contribution >= 0.6 is 24.0 Å². The largest absolute Gasteiger partial charge is 0.431 e. The lowest BCUT2D eigenvalue weighted by Gasteiger charge is -2.30. The van der Waals surface area contributed by atoms with E-state index in [0.717, 1.165) is 17.8 Å². The van der Waals surface area contributed by atoms with E-state index in [-0.39, 0.29) is 17.5 Å². The van der Waals surface area contributed by atoms with Crippen molar-refractivity contribution in [2.45, 2.75) is 31.2 Å². The number of hydrogen-bond acceptors (Lipinski definition) is 5. The van der Waals surface area contributed by atoms with E-state index in [1.165, 1.54) is 24.1 Å². The fourth-order valence-electron chi connectivity index (χ4n) is 2.63. The van der Waals surface area contributed by atoms with Gasteiger partial charge in [0, 0.05) is 11.8 Å².